The van der Waals surface area contributed by atoms with Crippen molar-refractivity contribution < 1.29 is 24.5 Å². The number of hydrogen-bond acceptors (Lipinski definition) is 5. The normalized spacial score (nSPS) is 12.7. The van der Waals surface area contributed by atoms with E-state index in [1.807, 2.05) is 6.08 Å². The van der Waals surface area contributed by atoms with Crippen molar-refractivity contribution >= 4 is 11.9 Å². The summed E-state index contributed by atoms with van der Waals surface area (Å²) in [5.74, 6) is -0.0637. The number of aliphatic hydroxyl groups excluding tert-OH is 2. The number of aliphatic hydroxyl groups is 2. The molecule has 0 aliphatic rings. The smallest absolute Gasteiger partial charge is 0.305 e. The summed E-state index contributed by atoms with van der Waals surface area (Å²) in [4.78, 5) is 24.6. The lowest BCUT2D eigenvalue weighted by Gasteiger charge is -2.20. The first-order valence-corrected chi connectivity index (χ1v) is 34.3. The lowest BCUT2D eigenvalue weighted by atomic mass is 10.0. The highest BCUT2D eigenvalue weighted by molar-refractivity contribution is 5.76. The van der Waals surface area contributed by atoms with Gasteiger partial charge in [-0.2, -0.15) is 0 Å². The number of amides is 1. The van der Waals surface area contributed by atoms with Crippen molar-refractivity contribution in [3.63, 3.8) is 0 Å². The molecule has 1 amide bonds. The summed E-state index contributed by atoms with van der Waals surface area (Å²) in [6.45, 7) is 4.90. The van der Waals surface area contributed by atoms with Crippen molar-refractivity contribution in [2.24, 2.45) is 0 Å². The maximum absolute atomic E-state index is 12.5. The molecule has 0 bridgehead atoms. The second kappa shape index (κ2) is 65.6. The van der Waals surface area contributed by atoms with Gasteiger partial charge in [0.05, 0.1) is 25.4 Å². The van der Waals surface area contributed by atoms with Crippen molar-refractivity contribution in [3.05, 3.63) is 36.5 Å². The molecular formula is C70H133NO5. The molecule has 0 rings (SSSR count). The summed E-state index contributed by atoms with van der Waals surface area (Å²) in [6.07, 6.45) is 83.4. The van der Waals surface area contributed by atoms with E-state index in [1.54, 1.807) is 6.08 Å². The van der Waals surface area contributed by atoms with Crippen LogP contribution in [0.15, 0.2) is 36.5 Å². The Morgan fingerprint density at radius 3 is 1.03 bits per heavy atom. The van der Waals surface area contributed by atoms with Gasteiger partial charge in [-0.1, -0.05) is 333 Å². The molecule has 0 heterocycles. The molecular weight excluding hydrogens is 935 g/mol. The van der Waals surface area contributed by atoms with Gasteiger partial charge in [0.25, 0.3) is 0 Å². The Labute approximate surface area is 474 Å². The zero-order valence-electron chi connectivity index (χ0n) is 51.3. The zero-order valence-corrected chi connectivity index (χ0v) is 51.3. The van der Waals surface area contributed by atoms with E-state index in [0.717, 1.165) is 51.4 Å². The summed E-state index contributed by atoms with van der Waals surface area (Å²) in [5, 5.41) is 23.2. The highest BCUT2D eigenvalue weighted by atomic mass is 16.5. The van der Waals surface area contributed by atoms with Crippen LogP contribution < -0.4 is 5.32 Å². The van der Waals surface area contributed by atoms with Crippen LogP contribution in [0.1, 0.15) is 373 Å². The van der Waals surface area contributed by atoms with Crippen LogP contribution in [0.25, 0.3) is 0 Å². The minimum atomic E-state index is -0.848. The van der Waals surface area contributed by atoms with Gasteiger partial charge in [-0.25, -0.2) is 0 Å². The highest BCUT2D eigenvalue weighted by Crippen LogP contribution is 2.18. The van der Waals surface area contributed by atoms with E-state index >= 15 is 0 Å². The standard InChI is InChI=1S/C70H133NO5/c1-3-5-7-9-11-13-15-17-19-21-22-23-24-27-31-34-38-42-46-50-54-58-62-68(73)67(66-72)71-69(74)63-59-55-51-47-43-39-35-32-28-25-26-29-33-37-41-45-49-53-57-61-65-76-70(75)64-60-56-52-48-44-40-36-30-20-18-16-14-12-10-8-6-4-2/h12,14,18,20,58,62,67-68,72-73H,3-11,13,15-17,19,21-57,59-61,63-66H2,1-2H3,(H,71,74)/b14-12-,20-18-,62-58+. The van der Waals surface area contributed by atoms with E-state index in [-0.39, 0.29) is 18.5 Å². The lowest BCUT2D eigenvalue weighted by molar-refractivity contribution is -0.143. The Morgan fingerprint density at radius 2 is 0.658 bits per heavy atom. The monoisotopic (exact) mass is 1070 g/mol. The number of rotatable bonds is 64. The molecule has 2 atom stereocenters. The first kappa shape index (κ1) is 74.1. The van der Waals surface area contributed by atoms with Crippen LogP contribution in [0.3, 0.4) is 0 Å². The summed E-state index contributed by atoms with van der Waals surface area (Å²) < 4.78 is 5.49. The fourth-order valence-electron chi connectivity index (χ4n) is 10.7. The first-order valence-electron chi connectivity index (χ1n) is 34.3. The molecule has 0 aliphatic heterocycles. The molecule has 448 valence electrons. The third-order valence-corrected chi connectivity index (χ3v) is 15.9. The van der Waals surface area contributed by atoms with Crippen LogP contribution >= 0.6 is 0 Å². The summed E-state index contributed by atoms with van der Waals surface area (Å²) in [5.41, 5.74) is 0. The average molecular weight is 1070 g/mol. The van der Waals surface area contributed by atoms with E-state index in [0.29, 0.717) is 19.4 Å². The Morgan fingerprint density at radius 1 is 0.368 bits per heavy atom. The van der Waals surface area contributed by atoms with Crippen LogP contribution in [0.5, 0.6) is 0 Å². The molecule has 0 aliphatic carbocycles. The SMILES string of the molecule is CCCCC/C=C\C/C=C\CCCCCCCCCC(=O)OCCCCCCCCCCCCCCCCCCCCCCC(=O)NC(CO)C(O)/C=C/CCCCCCCCCCCCCCCCCCCCCC. The Hall–Kier alpha value is -1.92. The van der Waals surface area contributed by atoms with Crippen LogP contribution in [0.4, 0.5) is 0 Å². The third-order valence-electron chi connectivity index (χ3n) is 15.9. The van der Waals surface area contributed by atoms with E-state index < -0.39 is 12.1 Å². The number of esters is 1. The number of carbonyl (C=O) groups is 2. The molecule has 2 unspecified atom stereocenters. The molecule has 0 saturated heterocycles. The molecule has 3 N–H and O–H groups in total. The summed E-state index contributed by atoms with van der Waals surface area (Å²) in [7, 11) is 0. The van der Waals surface area contributed by atoms with Crippen LogP contribution in [0.2, 0.25) is 0 Å². The van der Waals surface area contributed by atoms with E-state index in [1.165, 1.54) is 295 Å². The molecule has 6 heteroatoms. The second-order valence-electron chi connectivity index (χ2n) is 23.5. The van der Waals surface area contributed by atoms with Gasteiger partial charge in [0.15, 0.2) is 0 Å². The number of unbranched alkanes of at least 4 members (excludes halogenated alkanes) is 49. The van der Waals surface area contributed by atoms with Gasteiger partial charge < -0.3 is 20.3 Å². The Bertz CT molecular complexity index is 1230. The van der Waals surface area contributed by atoms with Crippen molar-refractivity contribution in [2.75, 3.05) is 13.2 Å². The van der Waals surface area contributed by atoms with Crippen molar-refractivity contribution in [1.82, 2.24) is 5.32 Å². The second-order valence-corrected chi connectivity index (χ2v) is 23.5. The number of ether oxygens (including phenoxy) is 1. The van der Waals surface area contributed by atoms with Crippen molar-refractivity contribution in [3.8, 4) is 0 Å². The number of hydrogen-bond donors (Lipinski definition) is 3. The number of allylic oxidation sites excluding steroid dienone is 5. The van der Waals surface area contributed by atoms with Gasteiger partial charge in [-0.15, -0.1) is 0 Å². The van der Waals surface area contributed by atoms with Crippen LogP contribution in [-0.4, -0.2) is 47.4 Å². The largest absolute Gasteiger partial charge is 0.466 e. The predicted octanol–water partition coefficient (Wildman–Crippen LogP) is 21.9. The average Bonchev–Trinajstić information content (AvgIpc) is 3.42. The summed E-state index contributed by atoms with van der Waals surface area (Å²) in [6, 6.07) is -0.631. The summed E-state index contributed by atoms with van der Waals surface area (Å²) >= 11 is 0. The minimum absolute atomic E-state index is 0.00276. The van der Waals surface area contributed by atoms with Gasteiger partial charge in [0.1, 0.15) is 0 Å². The third kappa shape index (κ3) is 61.3. The molecule has 0 aromatic rings. The van der Waals surface area contributed by atoms with Gasteiger partial charge >= 0.3 is 5.97 Å². The molecule has 0 aromatic carbocycles. The highest BCUT2D eigenvalue weighted by Gasteiger charge is 2.18. The van der Waals surface area contributed by atoms with Crippen LogP contribution in [0, 0.1) is 0 Å². The van der Waals surface area contributed by atoms with Crippen molar-refractivity contribution in [2.45, 2.75) is 386 Å². The molecule has 0 fully saturated rings. The molecule has 0 saturated carbocycles. The predicted molar refractivity (Wildman–Crippen MR) is 333 cm³/mol. The maximum Gasteiger partial charge on any atom is 0.305 e. The first-order chi connectivity index (χ1) is 37.5. The number of carbonyl (C=O) groups excluding carboxylic acids is 2. The lowest BCUT2D eigenvalue weighted by Crippen LogP contribution is -2.45. The molecule has 0 aromatic heterocycles. The topological polar surface area (TPSA) is 95.9 Å². The molecule has 0 spiro atoms. The Balaban J connectivity index is 3.42. The van der Waals surface area contributed by atoms with E-state index in [9.17, 15) is 19.8 Å². The molecule has 0 radical (unpaired) electrons. The van der Waals surface area contributed by atoms with E-state index in [4.69, 9.17) is 4.74 Å². The van der Waals surface area contributed by atoms with Gasteiger partial charge in [0.2, 0.25) is 5.91 Å². The van der Waals surface area contributed by atoms with Crippen LogP contribution in [-0.2, 0) is 14.3 Å². The minimum Gasteiger partial charge on any atom is -0.466 e. The fourth-order valence-corrected chi connectivity index (χ4v) is 10.7. The maximum atomic E-state index is 12.5. The van der Waals surface area contributed by atoms with Gasteiger partial charge in [-0.3, -0.25) is 9.59 Å². The quantitative estimate of drug-likeness (QED) is 0.0320. The number of nitrogens with one attached hydrogen (secondary N) is 1. The molecule has 76 heavy (non-hydrogen) atoms. The van der Waals surface area contributed by atoms with Gasteiger partial charge in [0, 0.05) is 12.8 Å². The zero-order chi connectivity index (χ0) is 55.0. The van der Waals surface area contributed by atoms with Crippen molar-refractivity contribution in [1.29, 1.82) is 0 Å². The molecule has 6 nitrogen and oxygen atoms in total. The van der Waals surface area contributed by atoms with Gasteiger partial charge in [-0.05, 0) is 64.2 Å². The fraction of sp³-hybridized carbons (Fsp3) is 0.886. The Kier molecular flexibility index (Phi) is 63.9. The van der Waals surface area contributed by atoms with E-state index in [2.05, 4.69) is 43.5 Å².